The van der Waals surface area contributed by atoms with E-state index in [2.05, 4.69) is 10.2 Å². The summed E-state index contributed by atoms with van der Waals surface area (Å²) < 4.78 is 5.15. The van der Waals surface area contributed by atoms with Gasteiger partial charge in [0.2, 0.25) is 0 Å². The summed E-state index contributed by atoms with van der Waals surface area (Å²) in [5, 5.41) is 18.9. The van der Waals surface area contributed by atoms with E-state index < -0.39 is 6.10 Å². The van der Waals surface area contributed by atoms with E-state index in [1.807, 2.05) is 48.5 Å². The van der Waals surface area contributed by atoms with Gasteiger partial charge < -0.3 is 9.84 Å². The fourth-order valence-corrected chi connectivity index (χ4v) is 2.09. The average molecular weight is 269 g/mol. The van der Waals surface area contributed by atoms with Crippen LogP contribution in [0, 0.1) is 0 Å². The van der Waals surface area contributed by atoms with Crippen LogP contribution in [0.3, 0.4) is 0 Å². The molecule has 0 aliphatic carbocycles. The molecule has 5 heteroatoms. The first-order chi connectivity index (χ1) is 9.76. The molecule has 1 heterocycles. The van der Waals surface area contributed by atoms with Crippen molar-refractivity contribution in [2.45, 2.75) is 12.6 Å². The normalized spacial score (nSPS) is 12.5. The molecule has 3 aromatic rings. The summed E-state index contributed by atoms with van der Waals surface area (Å²) in [7, 11) is 1.60. The van der Waals surface area contributed by atoms with Crippen molar-refractivity contribution in [3.05, 3.63) is 54.1 Å². The molecule has 1 N–H and O–H groups in total. The Kier molecular flexibility index (Phi) is 3.35. The van der Waals surface area contributed by atoms with E-state index in [0.29, 0.717) is 6.54 Å². The van der Waals surface area contributed by atoms with Gasteiger partial charge in [-0.25, -0.2) is 0 Å². The lowest BCUT2D eigenvalue weighted by atomic mass is 10.1. The third kappa shape index (κ3) is 2.48. The minimum absolute atomic E-state index is 0.307. The highest BCUT2D eigenvalue weighted by atomic mass is 16.5. The molecule has 0 radical (unpaired) electrons. The average Bonchev–Trinajstić information content (AvgIpc) is 2.89. The van der Waals surface area contributed by atoms with Crippen LogP contribution in [0.1, 0.15) is 11.7 Å². The minimum Gasteiger partial charge on any atom is -0.497 e. The fraction of sp³-hybridized carbons (Fsp3) is 0.200. The van der Waals surface area contributed by atoms with Gasteiger partial charge >= 0.3 is 0 Å². The fourth-order valence-electron chi connectivity index (χ4n) is 2.09. The van der Waals surface area contributed by atoms with Gasteiger partial charge in [0.25, 0.3) is 0 Å². The molecule has 20 heavy (non-hydrogen) atoms. The standard InChI is InChI=1S/C15H15N3O2/c1-20-12-6-4-5-11(9-12)15(19)10-18-16-13-7-2-3-8-14(13)17-18/h2-9,15,19H,10H2,1H3/t15-/m0/s1. The van der Waals surface area contributed by atoms with Gasteiger partial charge in [0.05, 0.1) is 13.7 Å². The third-order valence-corrected chi connectivity index (χ3v) is 3.14. The summed E-state index contributed by atoms with van der Waals surface area (Å²) in [5.41, 5.74) is 2.43. The van der Waals surface area contributed by atoms with Gasteiger partial charge in [-0.2, -0.15) is 15.0 Å². The SMILES string of the molecule is COc1cccc([C@@H](O)Cn2nc3ccccc3n2)c1. The number of methoxy groups -OCH3 is 1. The highest BCUT2D eigenvalue weighted by Crippen LogP contribution is 2.20. The van der Waals surface area contributed by atoms with E-state index in [9.17, 15) is 5.11 Å². The molecule has 0 saturated carbocycles. The molecular weight excluding hydrogens is 254 g/mol. The van der Waals surface area contributed by atoms with E-state index in [4.69, 9.17) is 4.74 Å². The van der Waals surface area contributed by atoms with E-state index in [1.54, 1.807) is 7.11 Å². The molecule has 0 aliphatic rings. The lowest BCUT2D eigenvalue weighted by molar-refractivity contribution is 0.145. The van der Waals surface area contributed by atoms with Crippen LogP contribution in [-0.4, -0.2) is 27.2 Å². The number of aromatic nitrogens is 3. The zero-order chi connectivity index (χ0) is 13.9. The minimum atomic E-state index is -0.674. The van der Waals surface area contributed by atoms with Crippen molar-refractivity contribution in [1.82, 2.24) is 15.0 Å². The molecule has 1 atom stereocenters. The van der Waals surface area contributed by atoms with Crippen molar-refractivity contribution >= 4 is 11.0 Å². The summed E-state index contributed by atoms with van der Waals surface area (Å²) in [5.74, 6) is 0.722. The highest BCUT2D eigenvalue weighted by Gasteiger charge is 2.11. The monoisotopic (exact) mass is 269 g/mol. The van der Waals surface area contributed by atoms with Crippen molar-refractivity contribution in [1.29, 1.82) is 0 Å². The first kappa shape index (κ1) is 12.6. The summed E-state index contributed by atoms with van der Waals surface area (Å²) >= 11 is 0. The molecule has 3 rings (SSSR count). The molecular formula is C15H15N3O2. The van der Waals surface area contributed by atoms with Gasteiger partial charge in [-0.3, -0.25) is 0 Å². The predicted octanol–water partition coefficient (Wildman–Crippen LogP) is 2.17. The molecule has 0 aliphatic heterocycles. The van der Waals surface area contributed by atoms with Crippen molar-refractivity contribution in [3.63, 3.8) is 0 Å². The molecule has 0 amide bonds. The van der Waals surface area contributed by atoms with Crippen LogP contribution in [0.4, 0.5) is 0 Å². The second-order valence-corrected chi connectivity index (χ2v) is 4.54. The molecule has 1 aromatic heterocycles. The molecule has 0 bridgehead atoms. The van der Waals surface area contributed by atoms with Gasteiger partial charge in [0, 0.05) is 0 Å². The first-order valence-corrected chi connectivity index (χ1v) is 6.38. The summed E-state index contributed by atoms with van der Waals surface area (Å²) in [6, 6.07) is 15.0. The zero-order valence-electron chi connectivity index (χ0n) is 11.1. The number of ether oxygens (including phenoxy) is 1. The van der Waals surface area contributed by atoms with Crippen LogP contribution >= 0.6 is 0 Å². The number of rotatable bonds is 4. The zero-order valence-corrected chi connectivity index (χ0v) is 11.1. The van der Waals surface area contributed by atoms with Crippen LogP contribution < -0.4 is 4.74 Å². The Bertz CT molecular complexity index is 691. The number of fused-ring (bicyclic) bond motifs is 1. The van der Waals surface area contributed by atoms with Gasteiger partial charge in [-0.1, -0.05) is 24.3 Å². The van der Waals surface area contributed by atoms with Gasteiger partial charge in [0.15, 0.2) is 0 Å². The number of aliphatic hydroxyl groups excluding tert-OH is 1. The van der Waals surface area contributed by atoms with Crippen molar-refractivity contribution in [2.75, 3.05) is 7.11 Å². The maximum atomic E-state index is 10.3. The van der Waals surface area contributed by atoms with Crippen LogP contribution in [0.5, 0.6) is 5.75 Å². The maximum absolute atomic E-state index is 10.3. The molecule has 2 aromatic carbocycles. The predicted molar refractivity (Wildman–Crippen MR) is 75.5 cm³/mol. The summed E-state index contributed by atoms with van der Waals surface area (Å²) in [4.78, 5) is 1.52. The number of hydrogen-bond donors (Lipinski definition) is 1. The Morgan fingerprint density at radius 3 is 2.45 bits per heavy atom. The molecule has 0 spiro atoms. The Morgan fingerprint density at radius 2 is 1.80 bits per heavy atom. The van der Waals surface area contributed by atoms with E-state index in [-0.39, 0.29) is 0 Å². The highest BCUT2D eigenvalue weighted by molar-refractivity contribution is 5.72. The number of hydrogen-bond acceptors (Lipinski definition) is 4. The molecule has 0 saturated heterocycles. The van der Waals surface area contributed by atoms with Crippen molar-refractivity contribution < 1.29 is 9.84 Å². The molecule has 0 fully saturated rings. The van der Waals surface area contributed by atoms with Gasteiger partial charge in [-0.05, 0) is 29.8 Å². The van der Waals surface area contributed by atoms with E-state index >= 15 is 0 Å². The Hall–Kier alpha value is -2.40. The summed E-state index contributed by atoms with van der Waals surface area (Å²) in [6.45, 7) is 0.307. The molecule has 5 nitrogen and oxygen atoms in total. The topological polar surface area (TPSA) is 60.2 Å². The molecule has 102 valence electrons. The lowest BCUT2D eigenvalue weighted by Gasteiger charge is -2.11. The smallest absolute Gasteiger partial charge is 0.119 e. The second-order valence-electron chi connectivity index (χ2n) is 4.54. The number of benzene rings is 2. The van der Waals surface area contributed by atoms with E-state index in [0.717, 1.165) is 22.3 Å². The second kappa shape index (κ2) is 5.30. The lowest BCUT2D eigenvalue weighted by Crippen LogP contribution is -2.11. The number of aliphatic hydroxyl groups is 1. The first-order valence-electron chi connectivity index (χ1n) is 6.38. The van der Waals surface area contributed by atoms with E-state index in [1.165, 1.54) is 4.80 Å². The quantitative estimate of drug-likeness (QED) is 0.788. The Morgan fingerprint density at radius 1 is 1.10 bits per heavy atom. The van der Waals surface area contributed by atoms with Crippen LogP contribution in [0.15, 0.2) is 48.5 Å². The van der Waals surface area contributed by atoms with Crippen molar-refractivity contribution in [2.24, 2.45) is 0 Å². The third-order valence-electron chi connectivity index (χ3n) is 3.14. The summed E-state index contributed by atoms with van der Waals surface area (Å²) in [6.07, 6.45) is -0.674. The molecule has 0 unspecified atom stereocenters. The van der Waals surface area contributed by atoms with Crippen molar-refractivity contribution in [3.8, 4) is 5.75 Å². The number of nitrogens with zero attached hydrogens (tertiary/aromatic N) is 3. The largest absolute Gasteiger partial charge is 0.497 e. The maximum Gasteiger partial charge on any atom is 0.119 e. The van der Waals surface area contributed by atoms with Gasteiger partial charge in [-0.15, -0.1) is 0 Å². The Labute approximate surface area is 116 Å². The van der Waals surface area contributed by atoms with Crippen LogP contribution in [0.2, 0.25) is 0 Å². The van der Waals surface area contributed by atoms with Gasteiger partial charge in [0.1, 0.15) is 22.9 Å². The Balaban J connectivity index is 1.82. The van der Waals surface area contributed by atoms with Crippen LogP contribution in [-0.2, 0) is 6.54 Å². The van der Waals surface area contributed by atoms with Crippen LogP contribution in [0.25, 0.3) is 11.0 Å².